The third kappa shape index (κ3) is 3.87. The third-order valence-electron chi connectivity index (χ3n) is 3.09. The number of benzene rings is 1. The molecule has 1 atom stereocenters. The van der Waals surface area contributed by atoms with E-state index in [0.717, 1.165) is 18.4 Å². The van der Waals surface area contributed by atoms with E-state index in [2.05, 4.69) is 5.32 Å². The summed E-state index contributed by atoms with van der Waals surface area (Å²) in [4.78, 5) is 11.9. The van der Waals surface area contributed by atoms with Crippen LogP contribution in [-0.2, 0) is 11.4 Å². The normalized spacial score (nSPS) is 15.6. The van der Waals surface area contributed by atoms with Crippen LogP contribution in [0.4, 0.5) is 0 Å². The van der Waals surface area contributed by atoms with Crippen LogP contribution in [0, 0.1) is 0 Å². The quantitative estimate of drug-likeness (QED) is 0.796. The van der Waals surface area contributed by atoms with Gasteiger partial charge in [0.05, 0.1) is 13.2 Å². The van der Waals surface area contributed by atoms with Crippen molar-refractivity contribution in [2.24, 2.45) is 0 Å². The molecule has 5 heteroatoms. The van der Waals surface area contributed by atoms with E-state index < -0.39 is 6.10 Å². The summed E-state index contributed by atoms with van der Waals surface area (Å²) in [5.41, 5.74) is 0.746. The number of carbonyl (C=O) groups excluding carboxylic acids is 1. The fourth-order valence-corrected chi connectivity index (χ4v) is 1.81. The topological polar surface area (TPSA) is 67.8 Å². The zero-order chi connectivity index (χ0) is 14.5. The van der Waals surface area contributed by atoms with Gasteiger partial charge in [0.15, 0.2) is 17.6 Å². The number of aliphatic hydroxyl groups is 1. The van der Waals surface area contributed by atoms with Crippen LogP contribution in [0.25, 0.3) is 0 Å². The van der Waals surface area contributed by atoms with E-state index in [1.54, 1.807) is 25.1 Å². The Labute approximate surface area is 118 Å². The number of aliphatic hydroxyl groups excluding tert-OH is 1. The highest BCUT2D eigenvalue weighted by Crippen LogP contribution is 2.29. The van der Waals surface area contributed by atoms with Crippen LogP contribution < -0.4 is 14.8 Å². The van der Waals surface area contributed by atoms with Crippen LogP contribution in [0.1, 0.15) is 32.3 Å². The van der Waals surface area contributed by atoms with E-state index in [9.17, 15) is 4.79 Å². The van der Waals surface area contributed by atoms with Gasteiger partial charge in [-0.05, 0) is 44.4 Å². The van der Waals surface area contributed by atoms with E-state index in [0.29, 0.717) is 24.1 Å². The van der Waals surface area contributed by atoms with Gasteiger partial charge in [0.25, 0.3) is 5.91 Å². The smallest absolute Gasteiger partial charge is 0.260 e. The molecule has 1 fully saturated rings. The van der Waals surface area contributed by atoms with Crippen molar-refractivity contribution in [3.05, 3.63) is 23.8 Å². The molecule has 1 unspecified atom stereocenters. The molecule has 0 radical (unpaired) electrons. The van der Waals surface area contributed by atoms with Gasteiger partial charge in [-0.25, -0.2) is 0 Å². The van der Waals surface area contributed by atoms with Crippen LogP contribution in [-0.4, -0.2) is 29.8 Å². The molecule has 1 aromatic rings. The molecule has 1 aromatic carbocycles. The molecule has 5 nitrogen and oxygen atoms in total. The summed E-state index contributed by atoms with van der Waals surface area (Å²) >= 11 is 0. The summed E-state index contributed by atoms with van der Waals surface area (Å²) in [6, 6.07) is 5.52. The van der Waals surface area contributed by atoms with Crippen LogP contribution in [0.5, 0.6) is 11.5 Å². The molecular formula is C15H21NO4. The lowest BCUT2D eigenvalue weighted by atomic mass is 10.2. The van der Waals surface area contributed by atoms with Gasteiger partial charge < -0.3 is 19.9 Å². The zero-order valence-electron chi connectivity index (χ0n) is 11.9. The molecule has 2 N–H and O–H groups in total. The number of hydrogen-bond acceptors (Lipinski definition) is 4. The Morgan fingerprint density at radius 2 is 2.20 bits per heavy atom. The predicted molar refractivity (Wildman–Crippen MR) is 74.8 cm³/mol. The molecule has 1 aliphatic rings. The molecular weight excluding hydrogens is 258 g/mol. The maximum atomic E-state index is 11.9. The summed E-state index contributed by atoms with van der Waals surface area (Å²) in [5, 5.41) is 12.0. The van der Waals surface area contributed by atoms with Gasteiger partial charge in [-0.3, -0.25) is 4.79 Å². The third-order valence-corrected chi connectivity index (χ3v) is 3.09. The minimum absolute atomic E-state index is 0.0575. The average Bonchev–Trinajstić information content (AvgIpc) is 3.24. The van der Waals surface area contributed by atoms with Crippen molar-refractivity contribution in [2.45, 2.75) is 45.4 Å². The summed E-state index contributed by atoms with van der Waals surface area (Å²) in [7, 11) is 0. The summed E-state index contributed by atoms with van der Waals surface area (Å²) in [5.74, 6) is 0.953. The lowest BCUT2D eigenvalue weighted by molar-refractivity contribution is -0.127. The molecule has 0 bridgehead atoms. The molecule has 0 saturated heterocycles. The van der Waals surface area contributed by atoms with Crippen molar-refractivity contribution < 1.29 is 19.4 Å². The van der Waals surface area contributed by atoms with Gasteiger partial charge in [0, 0.05) is 6.04 Å². The highest BCUT2D eigenvalue weighted by molar-refractivity contribution is 5.81. The van der Waals surface area contributed by atoms with Gasteiger partial charge in [0.1, 0.15) is 0 Å². The second kappa shape index (κ2) is 6.61. The lowest BCUT2D eigenvalue weighted by Crippen LogP contribution is -2.37. The molecule has 1 amide bonds. The number of rotatable bonds is 7. The first-order chi connectivity index (χ1) is 9.63. The maximum absolute atomic E-state index is 11.9. The number of ether oxygens (including phenoxy) is 2. The SMILES string of the molecule is CCOc1cc(CO)ccc1OC(C)C(=O)NC1CC1. The molecule has 20 heavy (non-hydrogen) atoms. The van der Waals surface area contributed by atoms with E-state index >= 15 is 0 Å². The number of amides is 1. The molecule has 1 aliphatic carbocycles. The van der Waals surface area contributed by atoms with E-state index in [4.69, 9.17) is 14.6 Å². The van der Waals surface area contributed by atoms with Crippen LogP contribution in [0.15, 0.2) is 18.2 Å². The molecule has 0 spiro atoms. The predicted octanol–water partition coefficient (Wildman–Crippen LogP) is 1.62. The minimum Gasteiger partial charge on any atom is -0.490 e. The molecule has 0 aliphatic heterocycles. The fourth-order valence-electron chi connectivity index (χ4n) is 1.81. The van der Waals surface area contributed by atoms with E-state index in [1.807, 2.05) is 6.92 Å². The standard InChI is InChI=1S/C15H21NO4/c1-3-19-14-8-11(9-17)4-7-13(14)20-10(2)15(18)16-12-5-6-12/h4,7-8,10,12,17H,3,5-6,9H2,1-2H3,(H,16,18). The lowest BCUT2D eigenvalue weighted by Gasteiger charge is -2.17. The molecule has 0 heterocycles. The maximum Gasteiger partial charge on any atom is 0.260 e. The van der Waals surface area contributed by atoms with Crippen molar-refractivity contribution in [3.63, 3.8) is 0 Å². The first-order valence-electron chi connectivity index (χ1n) is 6.97. The van der Waals surface area contributed by atoms with Gasteiger partial charge in [0.2, 0.25) is 0 Å². The largest absolute Gasteiger partial charge is 0.490 e. The van der Waals surface area contributed by atoms with Crippen LogP contribution in [0.2, 0.25) is 0 Å². The molecule has 1 saturated carbocycles. The highest BCUT2D eigenvalue weighted by Gasteiger charge is 2.26. The Morgan fingerprint density at radius 3 is 2.80 bits per heavy atom. The Balaban J connectivity index is 2.04. The minimum atomic E-state index is -0.574. The molecule has 0 aromatic heterocycles. The van der Waals surface area contributed by atoms with E-state index in [1.165, 1.54) is 0 Å². The Kier molecular flexibility index (Phi) is 4.84. The monoisotopic (exact) mass is 279 g/mol. The van der Waals surface area contributed by atoms with E-state index in [-0.39, 0.29) is 12.5 Å². The van der Waals surface area contributed by atoms with Gasteiger partial charge in [-0.15, -0.1) is 0 Å². The van der Waals surface area contributed by atoms with Gasteiger partial charge in [-0.1, -0.05) is 6.07 Å². The number of nitrogens with one attached hydrogen (secondary N) is 1. The summed E-state index contributed by atoms with van der Waals surface area (Å²) in [6.07, 6.45) is 1.52. The van der Waals surface area contributed by atoms with Crippen LogP contribution in [0.3, 0.4) is 0 Å². The average molecular weight is 279 g/mol. The van der Waals surface area contributed by atoms with Crippen molar-refractivity contribution in [2.75, 3.05) is 6.61 Å². The van der Waals surface area contributed by atoms with Crippen molar-refractivity contribution in [1.29, 1.82) is 0 Å². The van der Waals surface area contributed by atoms with Crippen molar-refractivity contribution in [1.82, 2.24) is 5.32 Å². The van der Waals surface area contributed by atoms with Crippen molar-refractivity contribution >= 4 is 5.91 Å². The fraction of sp³-hybridized carbons (Fsp3) is 0.533. The Bertz CT molecular complexity index is 471. The highest BCUT2D eigenvalue weighted by atomic mass is 16.5. The second-order valence-electron chi connectivity index (χ2n) is 4.92. The Morgan fingerprint density at radius 1 is 1.45 bits per heavy atom. The summed E-state index contributed by atoms with van der Waals surface area (Å²) in [6.45, 7) is 4.03. The zero-order valence-corrected chi connectivity index (χ0v) is 11.9. The number of carbonyl (C=O) groups is 1. The van der Waals surface area contributed by atoms with Crippen LogP contribution >= 0.6 is 0 Å². The summed E-state index contributed by atoms with van der Waals surface area (Å²) < 4.78 is 11.2. The molecule has 2 rings (SSSR count). The first-order valence-corrected chi connectivity index (χ1v) is 6.97. The molecule has 110 valence electrons. The Hall–Kier alpha value is -1.75. The van der Waals surface area contributed by atoms with Gasteiger partial charge in [-0.2, -0.15) is 0 Å². The van der Waals surface area contributed by atoms with Crippen molar-refractivity contribution in [3.8, 4) is 11.5 Å². The first kappa shape index (κ1) is 14.7. The second-order valence-corrected chi connectivity index (χ2v) is 4.92. The van der Waals surface area contributed by atoms with Gasteiger partial charge >= 0.3 is 0 Å². The number of hydrogen-bond donors (Lipinski definition) is 2.